The lowest BCUT2D eigenvalue weighted by Gasteiger charge is -2.20. The number of anilines is 1. The zero-order valence-corrected chi connectivity index (χ0v) is 17.5. The average Bonchev–Trinajstić information content (AvgIpc) is 3.17. The summed E-state index contributed by atoms with van der Waals surface area (Å²) in [6.45, 7) is 0.759. The van der Waals surface area contributed by atoms with Crippen LogP contribution in [0.15, 0.2) is 36.8 Å². The second kappa shape index (κ2) is 7.28. The van der Waals surface area contributed by atoms with Gasteiger partial charge in [-0.05, 0) is 25.0 Å². The molecule has 3 N–H and O–H groups in total. The van der Waals surface area contributed by atoms with Crippen LogP contribution in [0.3, 0.4) is 0 Å². The molecule has 2 aromatic rings. The highest BCUT2D eigenvalue weighted by atomic mass is 16.5. The molecule has 0 radical (unpaired) electrons. The Kier molecular flexibility index (Phi) is 4.37. The molecule has 10 heteroatoms. The van der Waals surface area contributed by atoms with Crippen molar-refractivity contribution in [1.29, 1.82) is 0 Å². The largest absolute Gasteiger partial charge is 0.388 e. The Morgan fingerprint density at radius 1 is 1.25 bits per heavy atom. The molecule has 32 heavy (non-hydrogen) atoms. The van der Waals surface area contributed by atoms with Crippen molar-refractivity contribution in [2.75, 3.05) is 25.6 Å². The summed E-state index contributed by atoms with van der Waals surface area (Å²) in [6, 6.07) is 5.88. The van der Waals surface area contributed by atoms with Crippen LogP contribution < -0.4 is 10.6 Å². The Balaban J connectivity index is 1.45. The van der Waals surface area contributed by atoms with E-state index >= 15 is 0 Å². The first kappa shape index (κ1) is 19.2. The number of carbonyl (C=O) groups excluding carboxylic acids is 1. The third kappa shape index (κ3) is 3.02. The van der Waals surface area contributed by atoms with E-state index in [0.29, 0.717) is 35.9 Å². The van der Waals surface area contributed by atoms with Crippen LogP contribution in [0.1, 0.15) is 29.2 Å². The Labute approximate surface area is 183 Å². The minimum absolute atomic E-state index is 0.159. The second-order valence-electron chi connectivity index (χ2n) is 8.31. The topological polar surface area (TPSA) is 119 Å². The summed E-state index contributed by atoms with van der Waals surface area (Å²) in [5.74, 6) is 1.31. The predicted octanol–water partition coefficient (Wildman–Crippen LogP) is 1.56. The summed E-state index contributed by atoms with van der Waals surface area (Å²) in [5, 5.41) is 20.8. The van der Waals surface area contributed by atoms with Crippen LogP contribution in [-0.4, -0.2) is 67.6 Å². The minimum Gasteiger partial charge on any atom is -0.388 e. The third-order valence-corrected chi connectivity index (χ3v) is 6.14. The van der Waals surface area contributed by atoms with E-state index in [1.807, 2.05) is 29.0 Å². The van der Waals surface area contributed by atoms with E-state index in [0.717, 1.165) is 29.8 Å². The maximum Gasteiger partial charge on any atom is 0.256 e. The standard InChI is InChI=1S/C22H23N7O3/c1-23-19-7-16(27-21-15(9-25-29(19)21)22(31)26-12-4-5-12)14-8-24-20-13(14)3-2-6-28(20)17-10-32-11-18(17)30/h2-3,6-9,12,17-18,23,30H,4-5,10-11H2,1H3,(H,26,31)/t17?,18-/m0/s1. The number of pyridine rings is 1. The van der Waals surface area contributed by atoms with Crippen LogP contribution in [0.2, 0.25) is 0 Å². The maximum absolute atomic E-state index is 12.7. The van der Waals surface area contributed by atoms with Crippen molar-refractivity contribution in [3.63, 3.8) is 0 Å². The number of aromatic nitrogens is 5. The number of ether oxygens (including phenoxy) is 1. The van der Waals surface area contributed by atoms with Crippen LogP contribution in [0.25, 0.3) is 28.3 Å². The monoisotopic (exact) mass is 433 g/mol. The highest BCUT2D eigenvalue weighted by Crippen LogP contribution is 2.36. The molecular weight excluding hydrogens is 410 g/mol. The van der Waals surface area contributed by atoms with Crippen LogP contribution in [0.4, 0.5) is 5.82 Å². The lowest BCUT2D eigenvalue weighted by Crippen LogP contribution is -2.25. The highest BCUT2D eigenvalue weighted by Gasteiger charge is 2.31. The summed E-state index contributed by atoms with van der Waals surface area (Å²) in [7, 11) is 1.81. The molecule has 2 atom stereocenters. The lowest BCUT2D eigenvalue weighted by molar-refractivity contribution is 0.0952. The van der Waals surface area contributed by atoms with Crippen molar-refractivity contribution in [2.45, 2.75) is 31.0 Å². The van der Waals surface area contributed by atoms with Crippen LogP contribution in [0.5, 0.6) is 0 Å². The quantitative estimate of drug-likeness (QED) is 0.437. The molecule has 1 aliphatic carbocycles. The molecule has 1 saturated carbocycles. The first-order valence-corrected chi connectivity index (χ1v) is 10.7. The molecule has 4 aliphatic rings. The van der Waals surface area contributed by atoms with Crippen molar-refractivity contribution < 1.29 is 14.6 Å². The van der Waals surface area contributed by atoms with Crippen LogP contribution >= 0.6 is 0 Å². The van der Waals surface area contributed by atoms with E-state index in [-0.39, 0.29) is 18.0 Å². The number of carbonyl (C=O) groups is 1. The number of rotatable bonds is 5. The van der Waals surface area contributed by atoms with Gasteiger partial charge in [0.25, 0.3) is 5.91 Å². The van der Waals surface area contributed by atoms with Gasteiger partial charge in [-0.1, -0.05) is 0 Å². The summed E-state index contributed by atoms with van der Waals surface area (Å²) < 4.78 is 9.03. The van der Waals surface area contributed by atoms with Crippen molar-refractivity contribution in [3.05, 3.63) is 42.4 Å². The summed E-state index contributed by atoms with van der Waals surface area (Å²) in [6.07, 6.45) is 6.70. The van der Waals surface area contributed by atoms with E-state index in [4.69, 9.17) is 9.72 Å². The first-order chi connectivity index (χ1) is 15.6. The van der Waals surface area contributed by atoms with E-state index in [1.165, 1.54) is 0 Å². The van der Waals surface area contributed by atoms with Gasteiger partial charge in [-0.15, -0.1) is 0 Å². The van der Waals surface area contributed by atoms with Crippen molar-refractivity contribution >= 4 is 17.4 Å². The van der Waals surface area contributed by atoms with Crippen molar-refractivity contribution in [3.8, 4) is 22.6 Å². The van der Waals surface area contributed by atoms with Gasteiger partial charge in [-0.2, -0.15) is 9.61 Å². The summed E-state index contributed by atoms with van der Waals surface area (Å²) in [5.41, 5.74) is 3.37. The molecule has 0 spiro atoms. The van der Waals surface area contributed by atoms with E-state index in [1.54, 1.807) is 24.0 Å². The fourth-order valence-electron chi connectivity index (χ4n) is 4.26. The summed E-state index contributed by atoms with van der Waals surface area (Å²) in [4.78, 5) is 22.2. The zero-order valence-electron chi connectivity index (χ0n) is 17.5. The molecule has 3 aliphatic heterocycles. The molecule has 1 unspecified atom stereocenters. The number of fused-ring (bicyclic) bond motifs is 2. The third-order valence-electron chi connectivity index (χ3n) is 6.14. The Morgan fingerprint density at radius 3 is 2.88 bits per heavy atom. The molecule has 1 saturated heterocycles. The first-order valence-electron chi connectivity index (χ1n) is 10.7. The van der Waals surface area contributed by atoms with Gasteiger partial charge in [-0.3, -0.25) is 4.79 Å². The van der Waals surface area contributed by atoms with Crippen molar-refractivity contribution in [1.82, 2.24) is 29.5 Å². The number of aliphatic hydroxyl groups excluding tert-OH is 1. The van der Waals surface area contributed by atoms with Crippen molar-refractivity contribution in [2.24, 2.45) is 0 Å². The SMILES string of the molecule is CNc1cc(-c2cnc3n(C4COC[C@@H]4O)cccc2-3)nc2c(C(=O)NC3CC3)cnn12. The van der Waals surface area contributed by atoms with Crippen LogP contribution in [-0.2, 0) is 4.74 Å². The molecule has 10 nitrogen and oxygen atoms in total. The number of hydrogen-bond donors (Lipinski definition) is 3. The number of hydrogen-bond acceptors (Lipinski definition) is 7. The highest BCUT2D eigenvalue weighted by molar-refractivity contribution is 6.00. The lowest BCUT2D eigenvalue weighted by atomic mass is 10.1. The zero-order chi connectivity index (χ0) is 21.8. The van der Waals surface area contributed by atoms with Gasteiger partial charge in [0.05, 0.1) is 31.1 Å². The van der Waals surface area contributed by atoms with Gasteiger partial charge in [0.1, 0.15) is 23.3 Å². The molecule has 5 heterocycles. The van der Waals surface area contributed by atoms with E-state index in [9.17, 15) is 9.90 Å². The predicted molar refractivity (Wildman–Crippen MR) is 117 cm³/mol. The average molecular weight is 433 g/mol. The molecule has 1 amide bonds. The number of amides is 1. The Morgan fingerprint density at radius 2 is 2.12 bits per heavy atom. The smallest absolute Gasteiger partial charge is 0.256 e. The van der Waals surface area contributed by atoms with E-state index < -0.39 is 6.10 Å². The fourth-order valence-corrected chi connectivity index (χ4v) is 4.26. The molecule has 0 bridgehead atoms. The van der Waals surface area contributed by atoms with Crippen LogP contribution in [0, 0.1) is 0 Å². The Bertz CT molecular complexity index is 1290. The molecule has 6 rings (SSSR count). The minimum atomic E-state index is -0.574. The van der Waals surface area contributed by atoms with Gasteiger partial charge in [0.15, 0.2) is 5.65 Å². The second-order valence-corrected chi connectivity index (χ2v) is 8.31. The Hall–Kier alpha value is -3.50. The van der Waals surface area contributed by atoms with Gasteiger partial charge in [0, 0.05) is 42.7 Å². The molecule has 2 aromatic heterocycles. The maximum atomic E-state index is 12.7. The van der Waals surface area contributed by atoms with Gasteiger partial charge >= 0.3 is 0 Å². The molecule has 2 fully saturated rings. The van der Waals surface area contributed by atoms with E-state index in [2.05, 4.69) is 20.7 Å². The summed E-state index contributed by atoms with van der Waals surface area (Å²) >= 11 is 0. The van der Waals surface area contributed by atoms with Gasteiger partial charge < -0.3 is 25.0 Å². The number of nitrogens with zero attached hydrogens (tertiary/aromatic N) is 5. The van der Waals surface area contributed by atoms with Gasteiger partial charge in [-0.25, -0.2) is 9.97 Å². The normalized spacial score (nSPS) is 20.8. The molecule has 164 valence electrons. The van der Waals surface area contributed by atoms with Gasteiger partial charge in [0.2, 0.25) is 0 Å². The number of nitrogens with one attached hydrogen (secondary N) is 2. The molecule has 0 aromatic carbocycles. The number of aliphatic hydroxyl groups is 1. The molecular formula is C22H23N7O3. The fraction of sp³-hybridized carbons (Fsp3) is 0.364.